The summed E-state index contributed by atoms with van der Waals surface area (Å²) in [7, 11) is -2.98. The van der Waals surface area contributed by atoms with Gasteiger partial charge in [-0.15, -0.1) is 0 Å². The Bertz CT molecular complexity index is 652. The second kappa shape index (κ2) is 7.43. The first-order chi connectivity index (χ1) is 13.7. The molecule has 3 unspecified atom stereocenters. The highest BCUT2D eigenvalue weighted by molar-refractivity contribution is 6.70. The number of rotatable bonds is 4. The van der Waals surface area contributed by atoms with E-state index in [1.165, 1.54) is 57.8 Å². The zero-order valence-electron chi connectivity index (χ0n) is 21.6. The second-order valence-electron chi connectivity index (χ2n) is 14.2. The standard InChI is InChI=1S/C26H50O2Si2/c1-24-15-12-20(27-29(4,5)6)18-19(24)10-11-21-22(24)13-16-25(2)23(21)14-17-26(25,3)28-30(7,8)9/h19-23H,10-18H2,1-9H3/t19?,20?,21-,22+,23+,24+,25+,26?/m1/s1. The predicted molar refractivity (Wildman–Crippen MR) is 133 cm³/mol. The fourth-order valence-electron chi connectivity index (χ4n) is 8.89. The zero-order chi connectivity index (χ0) is 22.2. The van der Waals surface area contributed by atoms with Crippen LogP contribution >= 0.6 is 0 Å². The van der Waals surface area contributed by atoms with Crippen LogP contribution in [0.1, 0.15) is 78.6 Å². The summed E-state index contributed by atoms with van der Waals surface area (Å²) in [5.74, 6) is 3.65. The van der Waals surface area contributed by atoms with E-state index in [0.29, 0.717) is 16.9 Å². The van der Waals surface area contributed by atoms with Crippen molar-refractivity contribution in [3.63, 3.8) is 0 Å². The Balaban J connectivity index is 1.52. The van der Waals surface area contributed by atoms with Gasteiger partial charge in [-0.1, -0.05) is 13.8 Å². The molecule has 0 aromatic carbocycles. The normalized spacial score (nSPS) is 49.3. The lowest BCUT2D eigenvalue weighted by Gasteiger charge is -2.62. The average Bonchev–Trinajstić information content (AvgIpc) is 2.83. The molecule has 4 fully saturated rings. The highest BCUT2D eigenvalue weighted by Gasteiger charge is 2.64. The molecule has 30 heavy (non-hydrogen) atoms. The highest BCUT2D eigenvalue weighted by Crippen LogP contribution is 2.69. The second-order valence-corrected chi connectivity index (χ2v) is 23.1. The van der Waals surface area contributed by atoms with Crippen molar-refractivity contribution < 1.29 is 8.85 Å². The lowest BCUT2D eigenvalue weighted by molar-refractivity contribution is -0.148. The third-order valence-corrected chi connectivity index (χ3v) is 12.3. The van der Waals surface area contributed by atoms with E-state index in [9.17, 15) is 0 Å². The van der Waals surface area contributed by atoms with Crippen molar-refractivity contribution in [1.29, 1.82) is 0 Å². The lowest BCUT2D eigenvalue weighted by atomic mass is 9.44. The summed E-state index contributed by atoms with van der Waals surface area (Å²) in [4.78, 5) is 0. The first-order valence-corrected chi connectivity index (χ1v) is 19.9. The van der Waals surface area contributed by atoms with Gasteiger partial charge in [0.05, 0.1) is 5.60 Å². The third-order valence-electron chi connectivity index (χ3n) is 10.2. The molecular formula is C26H50O2Si2. The van der Waals surface area contributed by atoms with Crippen molar-refractivity contribution in [3.8, 4) is 0 Å². The molecule has 4 aliphatic carbocycles. The van der Waals surface area contributed by atoms with Crippen molar-refractivity contribution >= 4 is 16.6 Å². The maximum absolute atomic E-state index is 6.96. The van der Waals surface area contributed by atoms with Crippen LogP contribution in [0, 0.1) is 34.5 Å². The summed E-state index contributed by atoms with van der Waals surface area (Å²) < 4.78 is 13.6. The smallest absolute Gasteiger partial charge is 0.184 e. The molecule has 4 aliphatic rings. The molecular weight excluding hydrogens is 400 g/mol. The predicted octanol–water partition coefficient (Wildman–Crippen LogP) is 7.86. The molecule has 174 valence electrons. The Morgan fingerprint density at radius 1 is 0.700 bits per heavy atom. The molecule has 2 nitrogen and oxygen atoms in total. The topological polar surface area (TPSA) is 18.5 Å². The van der Waals surface area contributed by atoms with Gasteiger partial charge in [0.25, 0.3) is 0 Å². The van der Waals surface area contributed by atoms with Crippen LogP contribution in [0.15, 0.2) is 0 Å². The molecule has 4 heteroatoms. The molecule has 0 spiro atoms. The minimum absolute atomic E-state index is 0.105. The van der Waals surface area contributed by atoms with Crippen LogP contribution < -0.4 is 0 Å². The summed E-state index contributed by atoms with van der Waals surface area (Å²) in [6, 6.07) is 0. The van der Waals surface area contributed by atoms with Crippen LogP contribution in [-0.4, -0.2) is 28.3 Å². The summed E-state index contributed by atoms with van der Waals surface area (Å²) in [6.07, 6.45) is 13.0. The average molecular weight is 451 g/mol. The van der Waals surface area contributed by atoms with E-state index in [-0.39, 0.29) is 5.60 Å². The molecule has 0 saturated heterocycles. The van der Waals surface area contributed by atoms with E-state index >= 15 is 0 Å². The van der Waals surface area contributed by atoms with Crippen LogP contribution in [-0.2, 0) is 8.85 Å². The van der Waals surface area contributed by atoms with Crippen molar-refractivity contribution in [3.05, 3.63) is 0 Å². The van der Waals surface area contributed by atoms with E-state index in [2.05, 4.69) is 60.1 Å². The Kier molecular flexibility index (Phi) is 5.82. The minimum Gasteiger partial charge on any atom is -0.415 e. The number of hydrogen-bond donors (Lipinski definition) is 0. The maximum Gasteiger partial charge on any atom is 0.184 e. The molecule has 0 aromatic rings. The van der Waals surface area contributed by atoms with Gasteiger partial charge in [0.15, 0.2) is 16.6 Å². The fourth-order valence-corrected chi connectivity index (χ4v) is 11.8. The Morgan fingerprint density at radius 2 is 1.37 bits per heavy atom. The molecule has 0 N–H and O–H groups in total. The van der Waals surface area contributed by atoms with Gasteiger partial charge in [-0.05, 0) is 138 Å². The van der Waals surface area contributed by atoms with E-state index in [1.807, 2.05) is 0 Å². The molecule has 0 aromatic heterocycles. The zero-order valence-corrected chi connectivity index (χ0v) is 23.6. The molecule has 0 radical (unpaired) electrons. The molecule has 4 saturated carbocycles. The largest absolute Gasteiger partial charge is 0.415 e. The summed E-state index contributed by atoms with van der Waals surface area (Å²) in [5.41, 5.74) is 1.05. The van der Waals surface area contributed by atoms with Gasteiger partial charge in [0.1, 0.15) is 0 Å². The molecule has 0 amide bonds. The van der Waals surface area contributed by atoms with E-state index < -0.39 is 16.6 Å². The van der Waals surface area contributed by atoms with Crippen molar-refractivity contribution in [1.82, 2.24) is 0 Å². The van der Waals surface area contributed by atoms with Crippen LogP contribution in [0.4, 0.5) is 0 Å². The minimum atomic E-state index is -1.54. The Hall–Kier alpha value is 0.354. The van der Waals surface area contributed by atoms with Crippen molar-refractivity contribution in [2.75, 3.05) is 0 Å². The Labute approximate surface area is 189 Å². The van der Waals surface area contributed by atoms with Crippen molar-refractivity contribution in [2.45, 2.75) is 130 Å². The molecule has 0 aliphatic heterocycles. The molecule has 0 heterocycles. The lowest BCUT2D eigenvalue weighted by Crippen LogP contribution is -2.58. The van der Waals surface area contributed by atoms with Crippen molar-refractivity contribution in [2.24, 2.45) is 34.5 Å². The van der Waals surface area contributed by atoms with Gasteiger partial charge in [-0.25, -0.2) is 0 Å². The SMILES string of the molecule is CC1(O[Si](C)(C)C)CC[C@H]2[C@@H]3CCC4CC(O[Si](C)(C)C)CC[C@]4(C)[C@H]3CC[C@@]21C. The maximum atomic E-state index is 6.96. The van der Waals surface area contributed by atoms with Gasteiger partial charge >= 0.3 is 0 Å². The molecule has 8 atom stereocenters. The number of hydrogen-bond acceptors (Lipinski definition) is 2. The first kappa shape index (κ1) is 23.5. The fraction of sp³-hybridized carbons (Fsp3) is 1.00. The monoisotopic (exact) mass is 450 g/mol. The summed E-state index contributed by atoms with van der Waals surface area (Å²) >= 11 is 0. The quantitative estimate of drug-likeness (QED) is 0.406. The van der Waals surface area contributed by atoms with E-state index in [1.54, 1.807) is 0 Å². The van der Waals surface area contributed by atoms with Gasteiger partial charge in [0, 0.05) is 6.10 Å². The highest BCUT2D eigenvalue weighted by atomic mass is 28.4. The van der Waals surface area contributed by atoms with Gasteiger partial charge < -0.3 is 8.85 Å². The summed E-state index contributed by atoms with van der Waals surface area (Å²) in [5, 5.41) is 0. The van der Waals surface area contributed by atoms with Gasteiger partial charge in [-0.3, -0.25) is 0 Å². The Morgan fingerprint density at radius 3 is 2.00 bits per heavy atom. The third kappa shape index (κ3) is 3.94. The van der Waals surface area contributed by atoms with Crippen LogP contribution in [0.3, 0.4) is 0 Å². The van der Waals surface area contributed by atoms with Crippen LogP contribution in [0.2, 0.25) is 39.3 Å². The van der Waals surface area contributed by atoms with Crippen LogP contribution in [0.5, 0.6) is 0 Å². The van der Waals surface area contributed by atoms with Crippen LogP contribution in [0.25, 0.3) is 0 Å². The van der Waals surface area contributed by atoms with E-state index in [4.69, 9.17) is 8.85 Å². The molecule has 0 bridgehead atoms. The number of fused-ring (bicyclic) bond motifs is 5. The first-order valence-electron chi connectivity index (χ1n) is 13.0. The van der Waals surface area contributed by atoms with Gasteiger partial charge in [-0.2, -0.15) is 0 Å². The van der Waals surface area contributed by atoms with Gasteiger partial charge in [0.2, 0.25) is 0 Å². The molecule has 4 rings (SSSR count). The van der Waals surface area contributed by atoms with E-state index in [0.717, 1.165) is 23.7 Å². The summed E-state index contributed by atoms with van der Waals surface area (Å²) in [6.45, 7) is 22.0.